The molecule has 4 rings (SSSR count). The van der Waals surface area contributed by atoms with Gasteiger partial charge in [-0.1, -0.05) is 43.6 Å². The number of hydrogen-bond acceptors (Lipinski definition) is 3. The van der Waals surface area contributed by atoms with Crippen LogP contribution >= 0.6 is 11.6 Å². The third kappa shape index (κ3) is 1.91. The first-order valence-corrected chi connectivity index (χ1v) is 7.74. The van der Waals surface area contributed by atoms with Crippen LogP contribution in [-0.2, 0) is 12.8 Å². The lowest BCUT2D eigenvalue weighted by Crippen LogP contribution is -2.09. The molecular weight excluding hydrogens is 296 g/mol. The summed E-state index contributed by atoms with van der Waals surface area (Å²) in [5.41, 5.74) is 11.3. The highest BCUT2D eigenvalue weighted by Crippen LogP contribution is 2.45. The van der Waals surface area contributed by atoms with Crippen LogP contribution in [0.2, 0.25) is 5.02 Å². The Morgan fingerprint density at radius 3 is 2.68 bits per heavy atom. The molecular formula is C17H17ClN4. The van der Waals surface area contributed by atoms with Crippen LogP contribution in [0, 0.1) is 5.41 Å². The van der Waals surface area contributed by atoms with Gasteiger partial charge in [-0.25, -0.2) is 4.98 Å². The number of rotatable bonds is 1. The fourth-order valence-corrected chi connectivity index (χ4v) is 3.70. The predicted molar refractivity (Wildman–Crippen MR) is 89.9 cm³/mol. The topological polar surface area (TPSA) is 67.6 Å². The zero-order valence-electron chi connectivity index (χ0n) is 12.6. The highest BCUT2D eigenvalue weighted by molar-refractivity contribution is 6.33. The first-order chi connectivity index (χ1) is 10.5. The Balaban J connectivity index is 2.08. The minimum atomic E-state index is 0.192. The van der Waals surface area contributed by atoms with Crippen molar-refractivity contribution in [1.82, 2.24) is 15.2 Å². The highest BCUT2D eigenvalue weighted by Gasteiger charge is 2.34. The van der Waals surface area contributed by atoms with E-state index in [0.717, 1.165) is 29.5 Å². The van der Waals surface area contributed by atoms with Crippen LogP contribution in [-0.4, -0.2) is 15.2 Å². The number of aromatic nitrogens is 3. The van der Waals surface area contributed by atoms with Gasteiger partial charge in [0.1, 0.15) is 5.82 Å². The van der Waals surface area contributed by atoms with E-state index in [1.807, 2.05) is 24.3 Å². The van der Waals surface area contributed by atoms with E-state index in [4.69, 9.17) is 22.3 Å². The Kier molecular flexibility index (Phi) is 2.76. The molecule has 112 valence electrons. The highest BCUT2D eigenvalue weighted by atomic mass is 35.5. The zero-order valence-corrected chi connectivity index (χ0v) is 13.3. The molecule has 1 aromatic carbocycles. The molecule has 0 atom stereocenters. The number of benzene rings is 1. The second-order valence-corrected chi connectivity index (χ2v) is 7.16. The van der Waals surface area contributed by atoms with Gasteiger partial charge in [0.05, 0.1) is 11.1 Å². The summed E-state index contributed by atoms with van der Waals surface area (Å²) in [5.74, 6) is 0.599. The van der Waals surface area contributed by atoms with Gasteiger partial charge in [-0.3, -0.25) is 5.10 Å². The number of nitrogens with one attached hydrogen (secondary N) is 1. The monoisotopic (exact) mass is 312 g/mol. The molecule has 0 unspecified atom stereocenters. The van der Waals surface area contributed by atoms with E-state index in [1.54, 1.807) is 0 Å². The van der Waals surface area contributed by atoms with E-state index in [-0.39, 0.29) is 5.41 Å². The van der Waals surface area contributed by atoms with E-state index in [1.165, 1.54) is 11.1 Å². The van der Waals surface area contributed by atoms with Crippen molar-refractivity contribution in [3.8, 4) is 11.3 Å². The van der Waals surface area contributed by atoms with Crippen molar-refractivity contribution >= 4 is 28.5 Å². The molecule has 5 heteroatoms. The van der Waals surface area contributed by atoms with E-state index in [0.29, 0.717) is 16.5 Å². The van der Waals surface area contributed by atoms with Crippen molar-refractivity contribution in [2.45, 2.75) is 26.7 Å². The number of halogens is 1. The van der Waals surface area contributed by atoms with Gasteiger partial charge in [-0.05, 0) is 35.4 Å². The fraction of sp³-hybridized carbons (Fsp3) is 0.294. The van der Waals surface area contributed by atoms with Crippen LogP contribution in [0.25, 0.3) is 22.3 Å². The molecule has 3 N–H and O–H groups in total. The van der Waals surface area contributed by atoms with Crippen molar-refractivity contribution in [2.75, 3.05) is 5.73 Å². The summed E-state index contributed by atoms with van der Waals surface area (Å²) in [5, 5.41) is 8.80. The number of nitrogens with two attached hydrogens (primary N) is 1. The average Bonchev–Trinajstić information content (AvgIpc) is 2.98. The molecule has 0 amide bonds. The molecule has 22 heavy (non-hydrogen) atoms. The Morgan fingerprint density at radius 2 is 1.91 bits per heavy atom. The molecule has 0 saturated carbocycles. The summed E-state index contributed by atoms with van der Waals surface area (Å²) in [6, 6.07) is 7.83. The predicted octanol–water partition coefficient (Wildman–Crippen LogP) is 3.99. The first-order valence-electron chi connectivity index (χ1n) is 7.36. The molecule has 1 aliphatic rings. The van der Waals surface area contributed by atoms with Crippen molar-refractivity contribution in [1.29, 1.82) is 0 Å². The van der Waals surface area contributed by atoms with Crippen LogP contribution in [0.3, 0.4) is 0 Å². The van der Waals surface area contributed by atoms with Gasteiger partial charge < -0.3 is 5.73 Å². The molecule has 0 fully saturated rings. The number of H-pyrrole nitrogens is 1. The van der Waals surface area contributed by atoms with Gasteiger partial charge >= 0.3 is 0 Å². The summed E-state index contributed by atoms with van der Waals surface area (Å²) in [7, 11) is 0. The molecule has 2 heterocycles. The maximum atomic E-state index is 6.40. The number of nitrogens with zero attached hydrogens (tertiary/aromatic N) is 2. The maximum Gasteiger partial charge on any atom is 0.183 e. The van der Waals surface area contributed by atoms with E-state index >= 15 is 0 Å². The second kappa shape index (κ2) is 4.46. The van der Waals surface area contributed by atoms with Crippen LogP contribution in [0.4, 0.5) is 5.82 Å². The number of anilines is 1. The lowest BCUT2D eigenvalue weighted by atomic mass is 9.90. The van der Waals surface area contributed by atoms with Gasteiger partial charge in [-0.2, -0.15) is 5.10 Å². The summed E-state index contributed by atoms with van der Waals surface area (Å²) in [4.78, 5) is 4.76. The summed E-state index contributed by atoms with van der Waals surface area (Å²) >= 11 is 6.40. The minimum Gasteiger partial charge on any atom is -0.384 e. The summed E-state index contributed by atoms with van der Waals surface area (Å²) in [6.45, 7) is 4.54. The van der Waals surface area contributed by atoms with Crippen LogP contribution in [0.1, 0.15) is 25.0 Å². The Bertz CT molecular complexity index is 895. The summed E-state index contributed by atoms with van der Waals surface area (Å²) in [6.07, 6.45) is 1.94. The molecule has 1 aliphatic carbocycles. The quantitative estimate of drug-likeness (QED) is 0.714. The van der Waals surface area contributed by atoms with Crippen LogP contribution in [0.15, 0.2) is 24.3 Å². The minimum absolute atomic E-state index is 0.192. The van der Waals surface area contributed by atoms with Gasteiger partial charge in [0.2, 0.25) is 0 Å². The standard InChI is InChI=1S/C17H17ClN4/c1-17(2)7-10-11(8-17)14(9-5-3-4-6-12(9)18)20-16-13(10)15(19)21-22-16/h3-6H,7-8H2,1-2H3,(H3,19,20,21,22). The molecule has 2 aromatic heterocycles. The van der Waals surface area contributed by atoms with E-state index < -0.39 is 0 Å². The first kappa shape index (κ1) is 13.6. The fourth-order valence-electron chi connectivity index (χ4n) is 3.47. The second-order valence-electron chi connectivity index (χ2n) is 6.75. The third-order valence-electron chi connectivity index (χ3n) is 4.38. The number of nitrogen functional groups attached to an aromatic ring is 1. The molecule has 0 bridgehead atoms. The zero-order chi connectivity index (χ0) is 15.5. The normalized spacial score (nSPS) is 16.1. The van der Waals surface area contributed by atoms with Gasteiger partial charge in [0, 0.05) is 10.6 Å². The van der Waals surface area contributed by atoms with Crippen LogP contribution in [0.5, 0.6) is 0 Å². The largest absolute Gasteiger partial charge is 0.384 e. The number of pyridine rings is 1. The van der Waals surface area contributed by atoms with E-state index in [2.05, 4.69) is 24.0 Å². The Labute approximate surface area is 133 Å². The summed E-state index contributed by atoms with van der Waals surface area (Å²) < 4.78 is 0. The third-order valence-corrected chi connectivity index (χ3v) is 4.71. The molecule has 4 nitrogen and oxygen atoms in total. The molecule has 3 aromatic rings. The SMILES string of the molecule is CC1(C)Cc2c(-c3ccccc3Cl)nc3n[nH]c(N)c3c2C1. The number of fused-ring (bicyclic) bond motifs is 3. The Morgan fingerprint density at radius 1 is 1.18 bits per heavy atom. The van der Waals surface area contributed by atoms with Crippen molar-refractivity contribution in [2.24, 2.45) is 5.41 Å². The average molecular weight is 313 g/mol. The molecule has 0 saturated heterocycles. The van der Waals surface area contributed by atoms with Crippen molar-refractivity contribution < 1.29 is 0 Å². The molecule has 0 radical (unpaired) electrons. The van der Waals surface area contributed by atoms with Gasteiger partial charge in [0.25, 0.3) is 0 Å². The van der Waals surface area contributed by atoms with Crippen LogP contribution < -0.4 is 5.73 Å². The van der Waals surface area contributed by atoms with Gasteiger partial charge in [-0.15, -0.1) is 0 Å². The lowest BCUT2D eigenvalue weighted by Gasteiger charge is -2.15. The lowest BCUT2D eigenvalue weighted by molar-refractivity contribution is 0.393. The number of aromatic amines is 1. The maximum absolute atomic E-state index is 6.40. The molecule has 0 spiro atoms. The number of hydrogen-bond donors (Lipinski definition) is 2. The smallest absolute Gasteiger partial charge is 0.183 e. The van der Waals surface area contributed by atoms with Crippen molar-refractivity contribution in [3.63, 3.8) is 0 Å². The Hall–Kier alpha value is -2.07. The van der Waals surface area contributed by atoms with E-state index in [9.17, 15) is 0 Å². The molecule has 0 aliphatic heterocycles. The van der Waals surface area contributed by atoms with Gasteiger partial charge in [0.15, 0.2) is 5.65 Å². The van der Waals surface area contributed by atoms with Crippen molar-refractivity contribution in [3.05, 3.63) is 40.4 Å².